The van der Waals surface area contributed by atoms with E-state index in [9.17, 15) is 0 Å². The molecule has 1 heterocycles. The molecule has 0 radical (unpaired) electrons. The van der Waals surface area contributed by atoms with E-state index in [0.717, 1.165) is 44.3 Å². The second-order valence-corrected chi connectivity index (χ2v) is 12.7. The maximum Gasteiger partial charge on any atom is 0.0625 e. The fourth-order valence-electron chi connectivity index (χ4n) is 7.63. The summed E-state index contributed by atoms with van der Waals surface area (Å²) < 4.78 is 2.44. The predicted octanol–water partition coefficient (Wildman–Crippen LogP) is 11.4. The van der Waals surface area contributed by atoms with Crippen LogP contribution in [0.25, 0.3) is 61.2 Å². The quantitative estimate of drug-likeness (QED) is 0.165. The molecule has 9 rings (SSSR count). The zero-order valence-corrected chi connectivity index (χ0v) is 27.6. The van der Waals surface area contributed by atoms with E-state index < -0.39 is 0 Å². The summed E-state index contributed by atoms with van der Waals surface area (Å²) in [4.78, 5) is 2.35. The van der Waals surface area contributed by atoms with Crippen molar-refractivity contribution in [1.29, 1.82) is 0 Å². The summed E-state index contributed by atoms with van der Waals surface area (Å²) in [5, 5.41) is 9.59. The lowest BCUT2D eigenvalue weighted by molar-refractivity contribution is 1.18. The number of anilines is 3. The van der Waals surface area contributed by atoms with Gasteiger partial charge in [0.25, 0.3) is 0 Å². The fraction of sp³-hybridized carbons (Fsp3) is 0. The van der Waals surface area contributed by atoms with Crippen LogP contribution in [0.4, 0.5) is 17.1 Å². The standard InChI is InChI=1S/C48H34N2/c1-3-39(40-21-11-10-16-33(40)2)34-26-28-37(29-27-34)49(35-17-6-4-7-18-35)38-30-31-46-45(32-38)47-43-24-14-12-22-41(43)42-23-13-15-25-44(42)48(47)50(46)36-19-8-5-9-20-36/h3-32H,1-2H2/b40-39+. The summed E-state index contributed by atoms with van der Waals surface area (Å²) in [6.07, 6.45) is 1.93. The molecule has 1 aromatic heterocycles. The molecule has 0 N–H and O–H groups in total. The van der Waals surface area contributed by atoms with Crippen LogP contribution in [0.3, 0.4) is 0 Å². The number of allylic oxidation sites excluding steroid dienone is 1. The maximum absolute atomic E-state index is 4.26. The summed E-state index contributed by atoms with van der Waals surface area (Å²) in [5.74, 6) is 0. The van der Waals surface area contributed by atoms with E-state index in [-0.39, 0.29) is 0 Å². The molecule has 0 aliphatic carbocycles. The van der Waals surface area contributed by atoms with Crippen molar-refractivity contribution >= 4 is 72.6 Å². The first-order valence-electron chi connectivity index (χ1n) is 17.0. The number of hydrogen-bond acceptors (Lipinski definition) is 1. The minimum atomic E-state index is 0.987. The Morgan fingerprint density at radius 2 is 1.06 bits per heavy atom. The molecule has 8 aromatic carbocycles. The van der Waals surface area contributed by atoms with Crippen LogP contribution in [-0.4, -0.2) is 4.57 Å². The number of benzene rings is 8. The lowest BCUT2D eigenvalue weighted by Gasteiger charge is -2.26. The van der Waals surface area contributed by atoms with E-state index in [4.69, 9.17) is 0 Å². The molecule has 0 aliphatic rings. The maximum atomic E-state index is 4.26. The van der Waals surface area contributed by atoms with E-state index in [2.05, 4.69) is 186 Å². The van der Waals surface area contributed by atoms with Crippen molar-refractivity contribution in [3.8, 4) is 5.69 Å². The molecule has 0 fully saturated rings. The summed E-state index contributed by atoms with van der Waals surface area (Å²) in [5.41, 5.74) is 9.00. The van der Waals surface area contributed by atoms with Gasteiger partial charge in [-0.3, -0.25) is 0 Å². The summed E-state index contributed by atoms with van der Waals surface area (Å²) in [6.45, 7) is 8.41. The minimum Gasteiger partial charge on any atom is -0.310 e. The number of fused-ring (bicyclic) bond motifs is 8. The molecule has 0 amide bonds. The number of rotatable bonds is 6. The third-order valence-electron chi connectivity index (χ3n) is 9.85. The summed E-state index contributed by atoms with van der Waals surface area (Å²) in [7, 11) is 0. The van der Waals surface area contributed by atoms with Gasteiger partial charge in [0.1, 0.15) is 0 Å². The van der Waals surface area contributed by atoms with Gasteiger partial charge >= 0.3 is 0 Å². The van der Waals surface area contributed by atoms with Crippen LogP contribution < -0.4 is 15.3 Å². The van der Waals surface area contributed by atoms with E-state index in [1.807, 2.05) is 18.2 Å². The van der Waals surface area contributed by atoms with Gasteiger partial charge in [-0.2, -0.15) is 0 Å². The van der Waals surface area contributed by atoms with Crippen LogP contribution in [-0.2, 0) is 0 Å². The fourth-order valence-corrected chi connectivity index (χ4v) is 7.63. The van der Waals surface area contributed by atoms with Crippen LogP contribution in [0, 0.1) is 0 Å². The largest absolute Gasteiger partial charge is 0.310 e. The first-order chi connectivity index (χ1) is 24.7. The van der Waals surface area contributed by atoms with Gasteiger partial charge in [-0.05, 0) is 92.3 Å². The predicted molar refractivity (Wildman–Crippen MR) is 214 cm³/mol. The number of para-hydroxylation sites is 2. The van der Waals surface area contributed by atoms with E-state index >= 15 is 0 Å². The van der Waals surface area contributed by atoms with Crippen LogP contribution in [0.1, 0.15) is 5.56 Å². The SMILES string of the molecule is C=C/C(c1ccc(N(c2ccccc2)c2ccc3c(c2)c2c4ccccc4c4ccccc4c2n3-c2ccccc2)cc1)=c1/ccccc1=C. The van der Waals surface area contributed by atoms with E-state index in [0.29, 0.717) is 0 Å². The van der Waals surface area contributed by atoms with Gasteiger partial charge in [0.15, 0.2) is 0 Å². The van der Waals surface area contributed by atoms with Gasteiger partial charge in [-0.15, -0.1) is 0 Å². The van der Waals surface area contributed by atoms with Gasteiger partial charge in [0, 0.05) is 38.9 Å². The third kappa shape index (κ3) is 4.73. The normalized spacial score (nSPS) is 12.1. The van der Waals surface area contributed by atoms with Crippen LogP contribution >= 0.6 is 0 Å². The smallest absolute Gasteiger partial charge is 0.0625 e. The summed E-state index contributed by atoms with van der Waals surface area (Å²) in [6, 6.07) is 62.9. The Kier molecular flexibility index (Phi) is 7.14. The zero-order chi connectivity index (χ0) is 33.6. The summed E-state index contributed by atoms with van der Waals surface area (Å²) >= 11 is 0. The van der Waals surface area contributed by atoms with E-state index in [1.54, 1.807) is 0 Å². The molecule has 0 saturated carbocycles. The zero-order valence-electron chi connectivity index (χ0n) is 27.6. The van der Waals surface area contributed by atoms with Crippen molar-refractivity contribution in [2.24, 2.45) is 0 Å². The van der Waals surface area contributed by atoms with Crippen molar-refractivity contribution < 1.29 is 0 Å². The van der Waals surface area contributed by atoms with Gasteiger partial charge in [0.2, 0.25) is 0 Å². The molecule has 0 aliphatic heterocycles. The van der Waals surface area contributed by atoms with E-state index in [1.165, 1.54) is 43.4 Å². The van der Waals surface area contributed by atoms with Gasteiger partial charge in [-0.25, -0.2) is 0 Å². The Hall–Kier alpha value is -6.64. The third-order valence-corrected chi connectivity index (χ3v) is 9.85. The van der Waals surface area contributed by atoms with Crippen LogP contribution in [0.5, 0.6) is 0 Å². The monoisotopic (exact) mass is 638 g/mol. The Morgan fingerprint density at radius 3 is 1.76 bits per heavy atom. The van der Waals surface area contributed by atoms with Crippen molar-refractivity contribution in [2.75, 3.05) is 4.90 Å². The minimum absolute atomic E-state index is 0.987. The second-order valence-electron chi connectivity index (χ2n) is 12.7. The molecule has 2 heteroatoms. The molecule has 0 saturated heterocycles. The second kappa shape index (κ2) is 12.1. The molecule has 0 atom stereocenters. The topological polar surface area (TPSA) is 8.17 Å². The first kappa shape index (κ1) is 29.5. The molecular weight excluding hydrogens is 605 g/mol. The van der Waals surface area contributed by atoms with Gasteiger partial charge in [0.05, 0.1) is 11.0 Å². The highest BCUT2D eigenvalue weighted by Crippen LogP contribution is 2.45. The molecular formula is C48H34N2. The first-order valence-corrected chi connectivity index (χ1v) is 17.0. The average molecular weight is 639 g/mol. The molecule has 2 nitrogen and oxygen atoms in total. The van der Waals surface area contributed by atoms with Crippen molar-refractivity contribution in [1.82, 2.24) is 4.57 Å². The molecule has 0 bridgehead atoms. The number of aromatic nitrogens is 1. The highest BCUT2D eigenvalue weighted by atomic mass is 15.1. The van der Waals surface area contributed by atoms with Gasteiger partial charge in [-0.1, -0.05) is 141 Å². The number of hydrogen-bond donors (Lipinski definition) is 0. The van der Waals surface area contributed by atoms with Crippen molar-refractivity contribution in [2.45, 2.75) is 0 Å². The van der Waals surface area contributed by atoms with Crippen molar-refractivity contribution in [3.05, 3.63) is 205 Å². The Balaban J connectivity index is 1.32. The molecule has 50 heavy (non-hydrogen) atoms. The van der Waals surface area contributed by atoms with Gasteiger partial charge < -0.3 is 9.47 Å². The Morgan fingerprint density at radius 1 is 0.500 bits per heavy atom. The Labute approximate surface area is 291 Å². The number of nitrogens with zero attached hydrogens (tertiary/aromatic N) is 2. The highest BCUT2D eigenvalue weighted by molar-refractivity contribution is 6.32. The average Bonchev–Trinajstić information content (AvgIpc) is 3.52. The lowest BCUT2D eigenvalue weighted by atomic mass is 9.96. The van der Waals surface area contributed by atoms with Crippen LogP contribution in [0.2, 0.25) is 0 Å². The Bertz CT molecular complexity index is 2830. The molecule has 236 valence electrons. The van der Waals surface area contributed by atoms with Crippen molar-refractivity contribution in [3.63, 3.8) is 0 Å². The molecule has 9 aromatic rings. The lowest BCUT2D eigenvalue weighted by Crippen LogP contribution is -2.24. The highest BCUT2D eigenvalue weighted by Gasteiger charge is 2.21. The van der Waals surface area contributed by atoms with Crippen LogP contribution in [0.15, 0.2) is 189 Å². The molecule has 0 unspecified atom stereocenters. The molecule has 0 spiro atoms.